The Morgan fingerprint density at radius 2 is 2.16 bits per heavy atom. The van der Waals surface area contributed by atoms with Crippen LogP contribution in [0.4, 0.5) is 0 Å². The third-order valence-electron chi connectivity index (χ3n) is 4.15. The Morgan fingerprint density at radius 1 is 1.40 bits per heavy atom. The van der Waals surface area contributed by atoms with Crippen LogP contribution in [0, 0.1) is 6.92 Å². The number of benzene rings is 1. The molecule has 0 aliphatic carbocycles. The first-order chi connectivity index (χ1) is 12.0. The highest BCUT2D eigenvalue weighted by Crippen LogP contribution is 2.23. The average molecular weight is 364 g/mol. The molecule has 1 fully saturated rings. The number of nitrogens with zero attached hydrogens (tertiary/aromatic N) is 3. The molecule has 1 amide bonds. The van der Waals surface area contributed by atoms with Gasteiger partial charge in [-0.2, -0.15) is 5.10 Å². The molecule has 1 aromatic heterocycles. The molecule has 1 aliphatic rings. The zero-order chi connectivity index (χ0) is 18.0. The molecule has 0 saturated carbocycles. The summed E-state index contributed by atoms with van der Waals surface area (Å²) < 4.78 is 7.04. The highest BCUT2D eigenvalue weighted by Gasteiger charge is 2.28. The lowest BCUT2D eigenvalue weighted by molar-refractivity contribution is -0.141. The van der Waals surface area contributed by atoms with E-state index in [0.717, 1.165) is 0 Å². The van der Waals surface area contributed by atoms with Gasteiger partial charge in [0.2, 0.25) is 0 Å². The maximum Gasteiger partial charge on any atom is 0.306 e. The van der Waals surface area contributed by atoms with E-state index in [-0.39, 0.29) is 18.9 Å². The van der Waals surface area contributed by atoms with Crippen LogP contribution in [0.15, 0.2) is 30.5 Å². The molecule has 1 atom stereocenters. The number of halogens is 1. The maximum atomic E-state index is 12.8. The summed E-state index contributed by atoms with van der Waals surface area (Å²) in [7, 11) is 0. The van der Waals surface area contributed by atoms with E-state index in [1.54, 1.807) is 22.6 Å². The van der Waals surface area contributed by atoms with E-state index in [4.69, 9.17) is 21.4 Å². The van der Waals surface area contributed by atoms with E-state index in [1.165, 1.54) is 6.20 Å². The quantitative estimate of drug-likeness (QED) is 0.899. The number of carboxylic acid groups (broad SMARTS) is 1. The van der Waals surface area contributed by atoms with Crippen LogP contribution in [0.5, 0.6) is 0 Å². The summed E-state index contributed by atoms with van der Waals surface area (Å²) in [6, 6.07) is 7.27. The SMILES string of the molecule is Cc1c(C(=O)N2CCO[C@@H](CC(=O)O)C2)cnn1-c1ccccc1Cl. The van der Waals surface area contributed by atoms with Crippen LogP contribution >= 0.6 is 11.6 Å². The second kappa shape index (κ2) is 7.25. The Kier molecular flexibility index (Phi) is 5.06. The second-order valence-electron chi connectivity index (χ2n) is 5.85. The van der Waals surface area contributed by atoms with Crippen LogP contribution in [-0.2, 0) is 9.53 Å². The standard InChI is InChI=1S/C17H18ClN3O4/c1-11-13(9-19-21(11)15-5-3-2-4-14(15)18)17(24)20-6-7-25-12(10-20)8-16(22)23/h2-5,9,12H,6-8,10H2,1H3,(H,22,23)/t12-/m0/s1. The third kappa shape index (κ3) is 3.67. The molecule has 0 bridgehead atoms. The minimum atomic E-state index is -0.943. The van der Waals surface area contributed by atoms with Crippen LogP contribution in [0.25, 0.3) is 5.69 Å². The number of carboxylic acids is 1. The number of carbonyl (C=O) groups is 2. The Bertz CT molecular complexity index is 805. The summed E-state index contributed by atoms with van der Waals surface area (Å²) in [5, 5.41) is 13.7. The van der Waals surface area contributed by atoms with Crippen molar-refractivity contribution in [2.45, 2.75) is 19.4 Å². The van der Waals surface area contributed by atoms with Crippen molar-refractivity contribution in [3.63, 3.8) is 0 Å². The first-order valence-electron chi connectivity index (χ1n) is 7.89. The Morgan fingerprint density at radius 3 is 2.88 bits per heavy atom. The number of morpholine rings is 1. The summed E-state index contributed by atoms with van der Waals surface area (Å²) in [5.74, 6) is -1.13. The van der Waals surface area contributed by atoms with Gasteiger partial charge in [-0.25, -0.2) is 4.68 Å². The zero-order valence-corrected chi connectivity index (χ0v) is 14.4. The van der Waals surface area contributed by atoms with E-state index in [2.05, 4.69) is 5.10 Å². The number of rotatable bonds is 4. The number of aliphatic carboxylic acids is 1. The minimum absolute atomic E-state index is 0.123. The number of aromatic nitrogens is 2. The molecule has 1 aromatic carbocycles. The molecular formula is C17H18ClN3O4. The van der Waals surface area contributed by atoms with Crippen molar-refractivity contribution in [1.29, 1.82) is 0 Å². The van der Waals surface area contributed by atoms with Crippen LogP contribution in [0.2, 0.25) is 5.02 Å². The normalized spacial score (nSPS) is 17.5. The fourth-order valence-corrected chi connectivity index (χ4v) is 3.09. The minimum Gasteiger partial charge on any atom is -0.481 e. The van der Waals surface area contributed by atoms with Crippen LogP contribution < -0.4 is 0 Å². The molecule has 8 heteroatoms. The van der Waals surface area contributed by atoms with Crippen LogP contribution in [0.3, 0.4) is 0 Å². The molecule has 2 aromatic rings. The molecule has 0 radical (unpaired) electrons. The molecule has 1 saturated heterocycles. The lowest BCUT2D eigenvalue weighted by Crippen LogP contribution is -2.46. The van der Waals surface area contributed by atoms with E-state index in [0.29, 0.717) is 35.1 Å². The van der Waals surface area contributed by atoms with Gasteiger partial charge in [0.05, 0.1) is 47.3 Å². The highest BCUT2D eigenvalue weighted by atomic mass is 35.5. The van der Waals surface area contributed by atoms with Crippen LogP contribution in [-0.4, -0.2) is 57.5 Å². The Labute approximate surface area is 149 Å². The summed E-state index contributed by atoms with van der Waals surface area (Å²) in [6.07, 6.45) is 0.902. The van der Waals surface area contributed by atoms with E-state index in [9.17, 15) is 9.59 Å². The van der Waals surface area contributed by atoms with Crippen molar-refractivity contribution in [3.05, 3.63) is 46.7 Å². The summed E-state index contributed by atoms with van der Waals surface area (Å²) in [5.41, 5.74) is 1.85. The van der Waals surface area contributed by atoms with Gasteiger partial charge in [-0.15, -0.1) is 0 Å². The fourth-order valence-electron chi connectivity index (χ4n) is 2.88. The topological polar surface area (TPSA) is 84.7 Å². The monoisotopic (exact) mass is 363 g/mol. The first-order valence-corrected chi connectivity index (χ1v) is 8.27. The molecule has 132 valence electrons. The van der Waals surface area contributed by atoms with Gasteiger partial charge in [-0.1, -0.05) is 23.7 Å². The van der Waals surface area contributed by atoms with Gasteiger partial charge in [-0.05, 0) is 19.1 Å². The van der Waals surface area contributed by atoms with Gasteiger partial charge in [-0.3, -0.25) is 9.59 Å². The molecule has 25 heavy (non-hydrogen) atoms. The number of hydrogen-bond donors (Lipinski definition) is 1. The van der Waals surface area contributed by atoms with Crippen LogP contribution in [0.1, 0.15) is 22.5 Å². The van der Waals surface area contributed by atoms with Crippen molar-refractivity contribution in [1.82, 2.24) is 14.7 Å². The van der Waals surface area contributed by atoms with E-state index >= 15 is 0 Å². The number of amides is 1. The Hall–Kier alpha value is -2.38. The number of hydrogen-bond acceptors (Lipinski definition) is 4. The predicted octanol–water partition coefficient (Wildman–Crippen LogP) is 2.15. The van der Waals surface area contributed by atoms with E-state index < -0.39 is 12.1 Å². The molecule has 1 N–H and O–H groups in total. The van der Waals surface area contributed by atoms with Gasteiger partial charge < -0.3 is 14.7 Å². The molecule has 0 spiro atoms. The maximum absolute atomic E-state index is 12.8. The summed E-state index contributed by atoms with van der Waals surface area (Å²) in [4.78, 5) is 25.3. The molecule has 3 rings (SSSR count). The molecule has 2 heterocycles. The Balaban J connectivity index is 1.82. The highest BCUT2D eigenvalue weighted by molar-refractivity contribution is 6.32. The molecule has 7 nitrogen and oxygen atoms in total. The molecular weight excluding hydrogens is 346 g/mol. The van der Waals surface area contributed by atoms with Crippen molar-refractivity contribution < 1.29 is 19.4 Å². The number of para-hydroxylation sites is 1. The molecule has 0 unspecified atom stereocenters. The van der Waals surface area contributed by atoms with Crippen molar-refractivity contribution in [2.75, 3.05) is 19.7 Å². The average Bonchev–Trinajstić information content (AvgIpc) is 2.96. The lowest BCUT2D eigenvalue weighted by Gasteiger charge is -2.32. The summed E-state index contributed by atoms with van der Waals surface area (Å²) in [6.45, 7) is 2.80. The second-order valence-corrected chi connectivity index (χ2v) is 6.26. The smallest absolute Gasteiger partial charge is 0.306 e. The first kappa shape index (κ1) is 17.4. The zero-order valence-electron chi connectivity index (χ0n) is 13.7. The van der Waals surface area contributed by atoms with Gasteiger partial charge in [0.1, 0.15) is 0 Å². The van der Waals surface area contributed by atoms with E-state index in [1.807, 2.05) is 18.2 Å². The number of ether oxygens (including phenoxy) is 1. The lowest BCUT2D eigenvalue weighted by atomic mass is 10.1. The number of carbonyl (C=O) groups excluding carboxylic acids is 1. The summed E-state index contributed by atoms with van der Waals surface area (Å²) >= 11 is 6.21. The van der Waals surface area contributed by atoms with Crippen molar-refractivity contribution in [2.24, 2.45) is 0 Å². The molecule has 1 aliphatic heterocycles. The third-order valence-corrected chi connectivity index (χ3v) is 4.47. The predicted molar refractivity (Wildman–Crippen MR) is 91.2 cm³/mol. The van der Waals surface area contributed by atoms with Gasteiger partial charge in [0, 0.05) is 13.1 Å². The van der Waals surface area contributed by atoms with Gasteiger partial charge in [0.25, 0.3) is 5.91 Å². The van der Waals surface area contributed by atoms with Gasteiger partial charge >= 0.3 is 5.97 Å². The van der Waals surface area contributed by atoms with Crippen molar-refractivity contribution in [3.8, 4) is 5.69 Å². The van der Waals surface area contributed by atoms with Crippen molar-refractivity contribution >= 4 is 23.5 Å². The fraction of sp³-hybridized carbons (Fsp3) is 0.353. The van der Waals surface area contributed by atoms with Gasteiger partial charge in [0.15, 0.2) is 0 Å². The largest absolute Gasteiger partial charge is 0.481 e.